The number of carbonyl (C=O) groups is 1. The summed E-state index contributed by atoms with van der Waals surface area (Å²) in [5.74, 6) is -0.972. The molecule has 0 bridgehead atoms. The zero-order valence-corrected chi connectivity index (χ0v) is 13.7. The average molecular weight is 363 g/mol. The monoisotopic (exact) mass is 362 g/mol. The average Bonchev–Trinajstić information content (AvgIpc) is 2.76. The van der Waals surface area contributed by atoms with E-state index in [0.29, 0.717) is 16.6 Å². The Kier molecular flexibility index (Phi) is 3.51. The van der Waals surface area contributed by atoms with Crippen molar-refractivity contribution in [3.63, 3.8) is 0 Å². The molecule has 1 aromatic carbocycles. The second-order valence-corrected chi connectivity index (χ2v) is 6.89. The van der Waals surface area contributed by atoms with Gasteiger partial charge in [-0.1, -0.05) is 22.0 Å². The van der Waals surface area contributed by atoms with Gasteiger partial charge in [-0.3, -0.25) is 0 Å². The van der Waals surface area contributed by atoms with Crippen molar-refractivity contribution < 1.29 is 9.90 Å². The quantitative estimate of drug-likeness (QED) is 0.731. The summed E-state index contributed by atoms with van der Waals surface area (Å²) in [4.78, 5) is 21.6. The minimum atomic E-state index is -0.972. The number of nitrogens with zero attached hydrogens (tertiary/aromatic N) is 2. The summed E-state index contributed by atoms with van der Waals surface area (Å²) < 4.78 is 0.725. The van der Waals surface area contributed by atoms with E-state index >= 15 is 0 Å². The van der Waals surface area contributed by atoms with Crippen molar-refractivity contribution in [1.29, 1.82) is 0 Å². The first-order valence-corrected chi connectivity index (χ1v) is 7.85. The fraction of sp³-hybridized carbons (Fsp3) is 0.133. The molecule has 3 aromatic rings. The molecule has 0 radical (unpaired) electrons. The van der Waals surface area contributed by atoms with E-state index in [4.69, 9.17) is 0 Å². The molecule has 4 nitrogen and oxygen atoms in total. The number of halogens is 1. The smallest absolute Gasteiger partial charge is 0.336 e. The Labute approximate surface area is 133 Å². The van der Waals surface area contributed by atoms with Crippen LogP contribution in [0.15, 0.2) is 28.7 Å². The van der Waals surface area contributed by atoms with Crippen LogP contribution in [-0.2, 0) is 0 Å². The third-order valence-electron chi connectivity index (χ3n) is 3.16. The van der Waals surface area contributed by atoms with Crippen molar-refractivity contribution in [2.45, 2.75) is 13.8 Å². The summed E-state index contributed by atoms with van der Waals surface area (Å²) in [6.07, 6.45) is 0. The molecular weight excluding hydrogens is 352 g/mol. The number of aromatic carboxylic acids is 1. The zero-order valence-electron chi connectivity index (χ0n) is 11.3. The number of rotatable bonds is 2. The van der Waals surface area contributed by atoms with E-state index in [-0.39, 0.29) is 5.56 Å². The first-order valence-electron chi connectivity index (χ1n) is 6.24. The van der Waals surface area contributed by atoms with Crippen LogP contribution >= 0.6 is 27.3 Å². The largest absolute Gasteiger partial charge is 0.478 e. The second-order valence-electron chi connectivity index (χ2n) is 4.63. The molecule has 0 amide bonds. The van der Waals surface area contributed by atoms with E-state index in [1.54, 1.807) is 17.4 Å². The summed E-state index contributed by atoms with van der Waals surface area (Å²) in [5, 5.41) is 11.0. The fourth-order valence-electron chi connectivity index (χ4n) is 2.30. The molecule has 2 aromatic heterocycles. The van der Waals surface area contributed by atoms with Crippen LogP contribution in [0.2, 0.25) is 0 Å². The molecule has 0 aliphatic carbocycles. The van der Waals surface area contributed by atoms with E-state index < -0.39 is 5.97 Å². The van der Waals surface area contributed by atoms with Gasteiger partial charge >= 0.3 is 5.97 Å². The number of aromatic nitrogens is 2. The number of hydrogen-bond acceptors (Lipinski definition) is 4. The number of fused-ring (bicyclic) bond motifs is 1. The van der Waals surface area contributed by atoms with Crippen molar-refractivity contribution in [2.75, 3.05) is 0 Å². The van der Waals surface area contributed by atoms with Gasteiger partial charge in [-0.05, 0) is 32.0 Å². The van der Waals surface area contributed by atoms with Crippen LogP contribution in [0, 0.1) is 13.8 Å². The lowest BCUT2D eigenvalue weighted by atomic mass is 10.1. The molecule has 0 spiro atoms. The molecule has 21 heavy (non-hydrogen) atoms. The lowest BCUT2D eigenvalue weighted by Gasteiger charge is -2.07. The highest BCUT2D eigenvalue weighted by molar-refractivity contribution is 9.10. The Morgan fingerprint density at radius 2 is 2.05 bits per heavy atom. The highest BCUT2D eigenvalue weighted by Crippen LogP contribution is 2.32. The number of carboxylic acids is 1. The van der Waals surface area contributed by atoms with Gasteiger partial charge in [0.15, 0.2) is 0 Å². The van der Waals surface area contributed by atoms with Gasteiger partial charge in [-0.2, -0.15) is 0 Å². The van der Waals surface area contributed by atoms with E-state index in [9.17, 15) is 9.90 Å². The Balaban J connectivity index is 2.36. The predicted octanol–water partition coefficient (Wildman–Crippen LogP) is 4.44. The highest BCUT2D eigenvalue weighted by Gasteiger charge is 2.17. The van der Waals surface area contributed by atoms with Gasteiger partial charge < -0.3 is 5.11 Å². The third kappa shape index (κ3) is 2.45. The number of thiazole rings is 1. The minimum Gasteiger partial charge on any atom is -0.478 e. The van der Waals surface area contributed by atoms with Crippen LogP contribution in [0.3, 0.4) is 0 Å². The predicted molar refractivity (Wildman–Crippen MR) is 87.0 cm³/mol. The summed E-state index contributed by atoms with van der Waals surface area (Å²) in [7, 11) is 0. The van der Waals surface area contributed by atoms with Crippen LogP contribution in [0.4, 0.5) is 0 Å². The maximum atomic E-state index is 11.6. The molecule has 0 aliphatic heterocycles. The second kappa shape index (κ2) is 5.20. The maximum Gasteiger partial charge on any atom is 0.336 e. The Morgan fingerprint density at radius 3 is 2.67 bits per heavy atom. The van der Waals surface area contributed by atoms with Gasteiger partial charge in [0.05, 0.1) is 21.8 Å². The molecule has 0 saturated heterocycles. The normalized spacial score (nSPS) is 11.0. The Hall–Kier alpha value is -1.79. The standard InChI is InChI=1S/C15H11BrN2O2S/c1-7-14(17-8(2)21-7)12-6-9(15(19)20)13-10(16)4-3-5-11(13)18-12/h3-6H,1-2H3,(H,19,20). The molecule has 0 aliphatic rings. The van der Waals surface area contributed by atoms with Gasteiger partial charge in [0.2, 0.25) is 0 Å². The van der Waals surface area contributed by atoms with Crippen molar-refractivity contribution in [3.8, 4) is 11.4 Å². The van der Waals surface area contributed by atoms with Gasteiger partial charge in [-0.15, -0.1) is 11.3 Å². The molecule has 2 heterocycles. The number of hydrogen-bond donors (Lipinski definition) is 1. The van der Waals surface area contributed by atoms with Crippen LogP contribution in [0.25, 0.3) is 22.3 Å². The maximum absolute atomic E-state index is 11.6. The number of pyridine rings is 1. The number of aryl methyl sites for hydroxylation is 2. The number of benzene rings is 1. The summed E-state index contributed by atoms with van der Waals surface area (Å²) >= 11 is 4.98. The molecule has 106 valence electrons. The molecular formula is C15H11BrN2O2S. The van der Waals surface area contributed by atoms with Crippen molar-refractivity contribution in [1.82, 2.24) is 9.97 Å². The molecule has 0 fully saturated rings. The SMILES string of the molecule is Cc1nc(-c2cc(C(=O)O)c3c(Br)cccc3n2)c(C)s1. The van der Waals surface area contributed by atoms with E-state index in [0.717, 1.165) is 20.1 Å². The van der Waals surface area contributed by atoms with Gasteiger partial charge in [0, 0.05) is 14.7 Å². The lowest BCUT2D eigenvalue weighted by molar-refractivity contribution is 0.0699. The van der Waals surface area contributed by atoms with E-state index in [2.05, 4.69) is 25.9 Å². The fourth-order valence-corrected chi connectivity index (χ4v) is 3.70. The van der Waals surface area contributed by atoms with Crippen LogP contribution in [0.1, 0.15) is 20.2 Å². The van der Waals surface area contributed by atoms with Crippen molar-refractivity contribution in [3.05, 3.63) is 44.2 Å². The summed E-state index contributed by atoms with van der Waals surface area (Å²) in [5.41, 5.74) is 2.22. The third-order valence-corrected chi connectivity index (χ3v) is 4.71. The molecule has 6 heteroatoms. The van der Waals surface area contributed by atoms with E-state index in [1.807, 2.05) is 32.0 Å². The highest BCUT2D eigenvalue weighted by atomic mass is 79.9. The van der Waals surface area contributed by atoms with Gasteiger partial charge in [-0.25, -0.2) is 14.8 Å². The summed E-state index contributed by atoms with van der Waals surface area (Å²) in [6.45, 7) is 3.89. The van der Waals surface area contributed by atoms with Gasteiger partial charge in [0.25, 0.3) is 0 Å². The Bertz CT molecular complexity index is 873. The van der Waals surface area contributed by atoms with Gasteiger partial charge in [0.1, 0.15) is 5.69 Å². The number of carboxylic acid groups (broad SMARTS) is 1. The van der Waals surface area contributed by atoms with Crippen LogP contribution in [-0.4, -0.2) is 21.0 Å². The van der Waals surface area contributed by atoms with Crippen LogP contribution < -0.4 is 0 Å². The van der Waals surface area contributed by atoms with E-state index in [1.165, 1.54) is 0 Å². The minimum absolute atomic E-state index is 0.229. The first-order chi connectivity index (χ1) is 9.97. The zero-order chi connectivity index (χ0) is 15.1. The van der Waals surface area contributed by atoms with Crippen molar-refractivity contribution >= 4 is 44.1 Å². The molecule has 0 unspecified atom stereocenters. The molecule has 0 saturated carbocycles. The first kappa shape index (κ1) is 14.2. The van der Waals surface area contributed by atoms with Crippen molar-refractivity contribution in [2.24, 2.45) is 0 Å². The lowest BCUT2D eigenvalue weighted by Crippen LogP contribution is -2.01. The van der Waals surface area contributed by atoms with Crippen LogP contribution in [0.5, 0.6) is 0 Å². The topological polar surface area (TPSA) is 63.1 Å². The molecule has 1 N–H and O–H groups in total. The summed E-state index contributed by atoms with van der Waals surface area (Å²) in [6, 6.07) is 7.06. The molecule has 3 rings (SSSR count). The molecule has 0 atom stereocenters. The Morgan fingerprint density at radius 1 is 1.29 bits per heavy atom.